The molecule has 2 amide bonds. The summed E-state index contributed by atoms with van der Waals surface area (Å²) in [5, 5.41) is 6.55. The van der Waals surface area contributed by atoms with E-state index in [0.29, 0.717) is 18.6 Å². The van der Waals surface area contributed by atoms with E-state index in [1.807, 2.05) is 24.3 Å². The van der Waals surface area contributed by atoms with Crippen LogP contribution in [0.3, 0.4) is 0 Å². The predicted molar refractivity (Wildman–Crippen MR) is 78.6 cm³/mol. The number of carbonyl (C=O) groups is 2. The summed E-state index contributed by atoms with van der Waals surface area (Å²) in [5.41, 5.74) is 4.68. The SMILES string of the molecule is CC(C)(C)c1ccc(NC(=O)C2=NNC(=O)CC2)cc1. The standard InChI is InChI=1S/C15H19N3O2/c1-15(2,3)10-4-6-11(7-5-10)16-14(20)12-8-9-13(19)18-17-12/h4-7H,8-9H2,1-3H3,(H,16,20)(H,18,19). The Hall–Kier alpha value is -2.17. The molecule has 106 valence electrons. The van der Waals surface area contributed by atoms with Crippen LogP contribution in [0.25, 0.3) is 0 Å². The molecule has 1 aliphatic rings. The summed E-state index contributed by atoms with van der Waals surface area (Å²) in [5.74, 6) is -0.426. The maximum absolute atomic E-state index is 12.0. The van der Waals surface area contributed by atoms with Gasteiger partial charge in [0.05, 0.1) is 0 Å². The van der Waals surface area contributed by atoms with Crippen molar-refractivity contribution >= 4 is 23.2 Å². The largest absolute Gasteiger partial charge is 0.321 e. The molecule has 0 aliphatic carbocycles. The zero-order chi connectivity index (χ0) is 14.8. The van der Waals surface area contributed by atoms with Crippen molar-refractivity contribution in [2.75, 3.05) is 5.32 Å². The van der Waals surface area contributed by atoms with Gasteiger partial charge < -0.3 is 5.32 Å². The average Bonchev–Trinajstić information content (AvgIpc) is 2.39. The van der Waals surface area contributed by atoms with Crippen molar-refractivity contribution in [2.45, 2.75) is 39.0 Å². The lowest BCUT2D eigenvalue weighted by Gasteiger charge is -2.19. The lowest BCUT2D eigenvalue weighted by molar-refractivity contribution is -0.121. The first kappa shape index (κ1) is 14.2. The van der Waals surface area contributed by atoms with Gasteiger partial charge in [0, 0.05) is 18.5 Å². The Kier molecular flexibility index (Phi) is 3.88. The Morgan fingerprint density at radius 1 is 1.20 bits per heavy atom. The first-order valence-corrected chi connectivity index (χ1v) is 6.63. The lowest BCUT2D eigenvalue weighted by atomic mass is 9.87. The van der Waals surface area contributed by atoms with E-state index in [1.165, 1.54) is 5.56 Å². The maximum atomic E-state index is 12.0. The second-order valence-electron chi connectivity index (χ2n) is 5.87. The van der Waals surface area contributed by atoms with Gasteiger partial charge in [-0.15, -0.1) is 0 Å². The summed E-state index contributed by atoms with van der Waals surface area (Å²) in [4.78, 5) is 22.9. The second kappa shape index (κ2) is 5.45. The first-order valence-electron chi connectivity index (χ1n) is 6.63. The number of nitrogens with one attached hydrogen (secondary N) is 2. The molecule has 0 saturated heterocycles. The topological polar surface area (TPSA) is 70.6 Å². The van der Waals surface area contributed by atoms with E-state index in [1.54, 1.807) is 0 Å². The van der Waals surface area contributed by atoms with Crippen LogP contribution in [0.5, 0.6) is 0 Å². The van der Waals surface area contributed by atoms with Crippen molar-refractivity contribution in [3.05, 3.63) is 29.8 Å². The minimum atomic E-state index is -0.270. The molecule has 5 nitrogen and oxygen atoms in total. The van der Waals surface area contributed by atoms with Gasteiger partial charge in [0.2, 0.25) is 5.91 Å². The van der Waals surface area contributed by atoms with E-state index < -0.39 is 0 Å². The van der Waals surface area contributed by atoms with Gasteiger partial charge in [-0.05, 0) is 23.1 Å². The Morgan fingerprint density at radius 2 is 1.85 bits per heavy atom. The van der Waals surface area contributed by atoms with E-state index in [9.17, 15) is 9.59 Å². The number of hydrogen-bond acceptors (Lipinski definition) is 3. The summed E-state index contributed by atoms with van der Waals surface area (Å²) >= 11 is 0. The maximum Gasteiger partial charge on any atom is 0.271 e. The van der Waals surface area contributed by atoms with Crippen LogP contribution in [0.2, 0.25) is 0 Å². The third-order valence-corrected chi connectivity index (χ3v) is 3.18. The second-order valence-corrected chi connectivity index (χ2v) is 5.87. The molecule has 0 radical (unpaired) electrons. The molecule has 0 unspecified atom stereocenters. The van der Waals surface area contributed by atoms with Crippen LogP contribution in [-0.2, 0) is 15.0 Å². The van der Waals surface area contributed by atoms with Crippen LogP contribution >= 0.6 is 0 Å². The van der Waals surface area contributed by atoms with Crippen LogP contribution in [-0.4, -0.2) is 17.5 Å². The molecule has 2 N–H and O–H groups in total. The highest BCUT2D eigenvalue weighted by atomic mass is 16.2. The molecule has 2 rings (SSSR count). The van der Waals surface area contributed by atoms with Gasteiger partial charge in [0.15, 0.2) is 0 Å². The number of nitrogens with zero attached hydrogens (tertiary/aromatic N) is 1. The Morgan fingerprint density at radius 3 is 2.35 bits per heavy atom. The number of rotatable bonds is 2. The summed E-state index contributed by atoms with van der Waals surface area (Å²) < 4.78 is 0. The molecule has 20 heavy (non-hydrogen) atoms. The fourth-order valence-electron chi connectivity index (χ4n) is 1.89. The van der Waals surface area contributed by atoms with Crippen LogP contribution in [0.15, 0.2) is 29.4 Å². The highest BCUT2D eigenvalue weighted by Crippen LogP contribution is 2.23. The van der Waals surface area contributed by atoms with Crippen LogP contribution in [0.1, 0.15) is 39.2 Å². The number of amides is 2. The Balaban J connectivity index is 2.03. The molecular formula is C15H19N3O2. The molecule has 0 spiro atoms. The Bertz CT molecular complexity index is 553. The van der Waals surface area contributed by atoms with Gasteiger partial charge in [0.1, 0.15) is 5.71 Å². The molecule has 1 aromatic rings. The first-order chi connectivity index (χ1) is 9.36. The predicted octanol–water partition coefficient (Wildman–Crippen LogP) is 2.19. The molecule has 0 aromatic heterocycles. The zero-order valence-electron chi connectivity index (χ0n) is 12.0. The number of benzene rings is 1. The van der Waals surface area contributed by atoms with Gasteiger partial charge in [-0.2, -0.15) is 5.10 Å². The number of carbonyl (C=O) groups excluding carboxylic acids is 2. The van der Waals surface area contributed by atoms with Gasteiger partial charge in [-0.25, -0.2) is 5.43 Å². The normalized spacial score (nSPS) is 15.3. The zero-order valence-corrected chi connectivity index (χ0v) is 12.0. The number of hydrazone groups is 1. The number of anilines is 1. The molecule has 0 atom stereocenters. The summed E-state index contributed by atoms with van der Waals surface area (Å²) in [6, 6.07) is 7.75. The molecule has 5 heteroatoms. The van der Waals surface area contributed by atoms with E-state index >= 15 is 0 Å². The monoisotopic (exact) mass is 273 g/mol. The quantitative estimate of drug-likeness (QED) is 0.867. The molecule has 0 bridgehead atoms. The van der Waals surface area contributed by atoms with E-state index in [4.69, 9.17) is 0 Å². The fourth-order valence-corrected chi connectivity index (χ4v) is 1.89. The van der Waals surface area contributed by atoms with E-state index in [0.717, 1.165) is 5.69 Å². The highest BCUT2D eigenvalue weighted by Gasteiger charge is 2.18. The van der Waals surface area contributed by atoms with Gasteiger partial charge in [0.25, 0.3) is 5.91 Å². The van der Waals surface area contributed by atoms with Crippen LogP contribution < -0.4 is 10.7 Å². The molecule has 1 aromatic carbocycles. The summed E-state index contributed by atoms with van der Waals surface area (Å²) in [7, 11) is 0. The smallest absolute Gasteiger partial charge is 0.271 e. The minimum absolute atomic E-state index is 0.0836. The van der Waals surface area contributed by atoms with Gasteiger partial charge >= 0.3 is 0 Å². The average molecular weight is 273 g/mol. The summed E-state index contributed by atoms with van der Waals surface area (Å²) in [6.07, 6.45) is 0.674. The van der Waals surface area contributed by atoms with Crippen LogP contribution in [0.4, 0.5) is 5.69 Å². The lowest BCUT2D eigenvalue weighted by Crippen LogP contribution is -2.32. The van der Waals surface area contributed by atoms with Crippen molar-refractivity contribution < 1.29 is 9.59 Å². The third kappa shape index (κ3) is 3.44. The van der Waals surface area contributed by atoms with Crippen molar-refractivity contribution in [3.8, 4) is 0 Å². The van der Waals surface area contributed by atoms with Crippen molar-refractivity contribution in [1.82, 2.24) is 5.43 Å². The van der Waals surface area contributed by atoms with Gasteiger partial charge in [-0.1, -0.05) is 32.9 Å². The molecule has 0 saturated carbocycles. The van der Waals surface area contributed by atoms with Crippen molar-refractivity contribution in [2.24, 2.45) is 5.10 Å². The van der Waals surface area contributed by atoms with Crippen molar-refractivity contribution in [3.63, 3.8) is 0 Å². The van der Waals surface area contributed by atoms with Crippen LogP contribution in [0, 0.1) is 0 Å². The number of hydrogen-bond donors (Lipinski definition) is 2. The van der Waals surface area contributed by atoms with Crippen molar-refractivity contribution in [1.29, 1.82) is 0 Å². The molecule has 1 aliphatic heterocycles. The highest BCUT2D eigenvalue weighted by molar-refractivity contribution is 6.43. The molecule has 0 fully saturated rings. The fraction of sp³-hybridized carbons (Fsp3) is 0.400. The summed E-state index contributed by atoms with van der Waals surface area (Å²) in [6.45, 7) is 6.42. The minimum Gasteiger partial charge on any atom is -0.321 e. The van der Waals surface area contributed by atoms with Gasteiger partial charge in [-0.3, -0.25) is 9.59 Å². The molecule has 1 heterocycles. The molecular weight excluding hydrogens is 254 g/mol. The van der Waals surface area contributed by atoms with E-state index in [-0.39, 0.29) is 17.2 Å². The third-order valence-electron chi connectivity index (χ3n) is 3.18. The van der Waals surface area contributed by atoms with E-state index in [2.05, 4.69) is 36.6 Å². The Labute approximate surface area is 118 Å².